The molecule has 3 rings (SSSR count). The van der Waals surface area contributed by atoms with Gasteiger partial charge in [-0.3, -0.25) is 14.8 Å². The number of aromatic nitrogens is 2. The molecule has 1 aromatic carbocycles. The summed E-state index contributed by atoms with van der Waals surface area (Å²) in [6, 6.07) is 9.19. The number of carbonyl (C=O) groups excluding carboxylic acids is 1. The first-order chi connectivity index (χ1) is 12.8. The summed E-state index contributed by atoms with van der Waals surface area (Å²) < 4.78 is 5.62. The van der Waals surface area contributed by atoms with Crippen molar-refractivity contribution in [3.63, 3.8) is 0 Å². The topological polar surface area (TPSA) is 64.1 Å². The van der Waals surface area contributed by atoms with E-state index in [0.717, 1.165) is 35.5 Å². The Morgan fingerprint density at radius 1 is 1.15 bits per heavy atom. The van der Waals surface area contributed by atoms with Gasteiger partial charge >= 0.3 is 0 Å². The molecule has 0 fully saturated rings. The molecule has 2 aromatic heterocycles. The zero-order valence-corrected chi connectivity index (χ0v) is 15.5. The third-order valence-electron chi connectivity index (χ3n) is 3.87. The van der Waals surface area contributed by atoms with Crippen molar-refractivity contribution in [1.82, 2.24) is 15.3 Å². The van der Waals surface area contributed by atoms with Gasteiger partial charge in [-0.2, -0.15) is 11.3 Å². The molecule has 0 unspecified atom stereocenters. The highest BCUT2D eigenvalue weighted by molar-refractivity contribution is 7.08. The molecule has 0 atom stereocenters. The Morgan fingerprint density at radius 3 is 2.69 bits per heavy atom. The van der Waals surface area contributed by atoms with Crippen molar-refractivity contribution >= 4 is 17.2 Å². The lowest BCUT2D eigenvalue weighted by Gasteiger charge is -2.09. The van der Waals surface area contributed by atoms with E-state index in [4.69, 9.17) is 4.74 Å². The van der Waals surface area contributed by atoms with Crippen molar-refractivity contribution < 1.29 is 9.53 Å². The molecule has 0 radical (unpaired) electrons. The first-order valence-corrected chi connectivity index (χ1v) is 9.55. The van der Waals surface area contributed by atoms with Gasteiger partial charge in [0.05, 0.1) is 24.5 Å². The lowest BCUT2D eigenvalue weighted by atomic mass is 10.1. The number of hydrogen-bond acceptors (Lipinski definition) is 5. The molecule has 0 aliphatic rings. The number of rotatable bonds is 8. The minimum Gasteiger partial charge on any atom is -0.494 e. The van der Waals surface area contributed by atoms with Gasteiger partial charge in [0.25, 0.3) is 5.91 Å². The highest BCUT2D eigenvalue weighted by atomic mass is 32.1. The number of benzene rings is 1. The standard InChI is InChI=1S/C20H21N3O2S/c1-2-3-11-25-17-6-4-15(5-7-17)20(24)23-13-18-19(22-10-9-21-18)16-8-12-26-14-16/h4-10,12,14H,2-3,11,13H2,1H3,(H,23,24). The Balaban J connectivity index is 1.61. The van der Waals surface area contributed by atoms with Crippen LogP contribution in [0.15, 0.2) is 53.5 Å². The molecule has 6 heteroatoms. The van der Waals surface area contributed by atoms with Gasteiger partial charge in [0.1, 0.15) is 5.75 Å². The fourth-order valence-electron chi connectivity index (χ4n) is 2.44. The van der Waals surface area contributed by atoms with E-state index in [1.807, 2.05) is 29.0 Å². The lowest BCUT2D eigenvalue weighted by molar-refractivity contribution is 0.0950. The molecule has 134 valence electrons. The van der Waals surface area contributed by atoms with Crippen LogP contribution in [0, 0.1) is 0 Å². The number of ether oxygens (including phenoxy) is 1. The average molecular weight is 367 g/mol. The quantitative estimate of drug-likeness (QED) is 0.603. The van der Waals surface area contributed by atoms with E-state index < -0.39 is 0 Å². The van der Waals surface area contributed by atoms with Crippen LogP contribution in [0.2, 0.25) is 0 Å². The van der Waals surface area contributed by atoms with Gasteiger partial charge in [-0.1, -0.05) is 13.3 Å². The first kappa shape index (κ1) is 18.1. The Morgan fingerprint density at radius 2 is 1.96 bits per heavy atom. The molecule has 26 heavy (non-hydrogen) atoms. The number of carbonyl (C=O) groups is 1. The second-order valence-corrected chi connectivity index (χ2v) is 6.55. The van der Waals surface area contributed by atoms with E-state index in [9.17, 15) is 4.79 Å². The van der Waals surface area contributed by atoms with Crippen LogP contribution >= 0.6 is 11.3 Å². The molecule has 0 spiro atoms. The molecule has 0 saturated carbocycles. The summed E-state index contributed by atoms with van der Waals surface area (Å²) in [5, 5.41) is 6.93. The van der Waals surface area contributed by atoms with Crippen molar-refractivity contribution in [3.8, 4) is 17.0 Å². The molecular weight excluding hydrogens is 346 g/mol. The Kier molecular flexibility index (Phi) is 6.33. The minimum absolute atomic E-state index is 0.146. The minimum atomic E-state index is -0.146. The van der Waals surface area contributed by atoms with E-state index in [-0.39, 0.29) is 5.91 Å². The fraction of sp³-hybridized carbons (Fsp3) is 0.250. The summed E-state index contributed by atoms with van der Waals surface area (Å²) >= 11 is 1.61. The van der Waals surface area contributed by atoms with Crippen LogP contribution in [0.25, 0.3) is 11.3 Å². The van der Waals surface area contributed by atoms with Crippen molar-refractivity contribution in [2.45, 2.75) is 26.3 Å². The predicted molar refractivity (Wildman–Crippen MR) is 103 cm³/mol. The highest BCUT2D eigenvalue weighted by Crippen LogP contribution is 2.22. The molecule has 1 N–H and O–H groups in total. The van der Waals surface area contributed by atoms with Crippen LogP contribution in [0.5, 0.6) is 5.75 Å². The molecule has 0 aliphatic heterocycles. The monoisotopic (exact) mass is 367 g/mol. The highest BCUT2D eigenvalue weighted by Gasteiger charge is 2.11. The molecule has 0 aliphatic carbocycles. The van der Waals surface area contributed by atoms with Crippen molar-refractivity contribution in [1.29, 1.82) is 0 Å². The number of nitrogens with one attached hydrogen (secondary N) is 1. The van der Waals surface area contributed by atoms with Crippen LogP contribution in [-0.4, -0.2) is 22.5 Å². The molecule has 5 nitrogen and oxygen atoms in total. The number of amides is 1. The van der Waals surface area contributed by atoms with Gasteiger partial charge < -0.3 is 10.1 Å². The third kappa shape index (κ3) is 4.67. The third-order valence-corrected chi connectivity index (χ3v) is 4.55. The summed E-state index contributed by atoms with van der Waals surface area (Å²) in [6.07, 6.45) is 5.42. The molecule has 2 heterocycles. The van der Waals surface area contributed by atoms with Gasteiger partial charge in [0.2, 0.25) is 0 Å². The van der Waals surface area contributed by atoms with Gasteiger partial charge in [-0.25, -0.2) is 0 Å². The first-order valence-electron chi connectivity index (χ1n) is 8.61. The number of hydrogen-bond donors (Lipinski definition) is 1. The summed E-state index contributed by atoms with van der Waals surface area (Å²) in [7, 11) is 0. The van der Waals surface area contributed by atoms with Crippen LogP contribution in [0.4, 0.5) is 0 Å². The maximum Gasteiger partial charge on any atom is 0.251 e. The summed E-state index contributed by atoms with van der Waals surface area (Å²) in [6.45, 7) is 3.14. The van der Waals surface area contributed by atoms with Gasteiger partial charge in [0, 0.05) is 28.9 Å². The summed E-state index contributed by atoms with van der Waals surface area (Å²) in [4.78, 5) is 21.1. The van der Waals surface area contributed by atoms with Crippen LogP contribution < -0.4 is 10.1 Å². The summed E-state index contributed by atoms with van der Waals surface area (Å²) in [5.74, 6) is 0.635. The fourth-order valence-corrected chi connectivity index (χ4v) is 3.08. The van der Waals surface area contributed by atoms with E-state index in [1.54, 1.807) is 35.9 Å². The maximum absolute atomic E-state index is 12.4. The normalized spacial score (nSPS) is 10.5. The molecular formula is C20H21N3O2S. The zero-order chi connectivity index (χ0) is 18.2. The number of nitrogens with zero attached hydrogens (tertiary/aromatic N) is 2. The second-order valence-electron chi connectivity index (χ2n) is 5.77. The molecule has 0 bridgehead atoms. The second kappa shape index (κ2) is 9.10. The maximum atomic E-state index is 12.4. The Bertz CT molecular complexity index is 833. The van der Waals surface area contributed by atoms with E-state index in [1.165, 1.54) is 0 Å². The summed E-state index contributed by atoms with van der Waals surface area (Å²) in [5.41, 5.74) is 3.15. The molecule has 3 aromatic rings. The van der Waals surface area contributed by atoms with E-state index in [0.29, 0.717) is 18.7 Å². The smallest absolute Gasteiger partial charge is 0.251 e. The van der Waals surface area contributed by atoms with E-state index in [2.05, 4.69) is 22.2 Å². The van der Waals surface area contributed by atoms with Crippen molar-refractivity contribution in [3.05, 3.63) is 64.7 Å². The molecule has 1 amide bonds. The van der Waals surface area contributed by atoms with Crippen LogP contribution in [0.3, 0.4) is 0 Å². The van der Waals surface area contributed by atoms with Crippen molar-refractivity contribution in [2.75, 3.05) is 6.61 Å². The largest absolute Gasteiger partial charge is 0.494 e. The number of thiophene rings is 1. The van der Waals surface area contributed by atoms with Crippen molar-refractivity contribution in [2.24, 2.45) is 0 Å². The molecule has 0 saturated heterocycles. The zero-order valence-electron chi connectivity index (χ0n) is 14.6. The SMILES string of the molecule is CCCCOc1ccc(C(=O)NCc2nccnc2-c2ccsc2)cc1. The predicted octanol–water partition coefficient (Wildman–Crippen LogP) is 4.31. The van der Waals surface area contributed by atoms with Crippen LogP contribution in [-0.2, 0) is 6.54 Å². The average Bonchev–Trinajstić information content (AvgIpc) is 3.22. The number of unbranched alkanes of at least 4 members (excludes halogenated alkanes) is 1. The Labute approximate surface area is 157 Å². The van der Waals surface area contributed by atoms with Gasteiger partial charge in [0.15, 0.2) is 0 Å². The van der Waals surface area contributed by atoms with Gasteiger partial charge in [-0.15, -0.1) is 0 Å². The Hall–Kier alpha value is -2.73. The van der Waals surface area contributed by atoms with E-state index >= 15 is 0 Å². The van der Waals surface area contributed by atoms with Crippen LogP contribution in [0.1, 0.15) is 35.8 Å². The lowest BCUT2D eigenvalue weighted by Crippen LogP contribution is -2.23. The van der Waals surface area contributed by atoms with Gasteiger partial charge in [-0.05, 0) is 42.1 Å².